The van der Waals surface area contributed by atoms with Crippen LogP contribution in [0.3, 0.4) is 0 Å². The Morgan fingerprint density at radius 1 is 0.471 bits per heavy atom. The summed E-state index contributed by atoms with van der Waals surface area (Å²) >= 11 is 0. The van der Waals surface area contributed by atoms with Crippen molar-refractivity contribution >= 4 is 0 Å². The third kappa shape index (κ3) is 1.46. The normalized spacial score (nSPS) is 71.0. The van der Waals surface area contributed by atoms with Gasteiger partial charge in [0.05, 0.1) is 0 Å². The molecule has 0 heterocycles. The summed E-state index contributed by atoms with van der Waals surface area (Å²) in [6.07, 6.45) is 8.84. The topological polar surface area (TPSA) is 0 Å². The Bertz CT molecular complexity index is 979. The molecule has 0 aromatic heterocycles. The van der Waals surface area contributed by atoms with Crippen molar-refractivity contribution in [2.45, 2.75) is 52.4 Å². The zero-order valence-electron chi connectivity index (χ0n) is 21.3. The van der Waals surface area contributed by atoms with Crippen molar-refractivity contribution in [3.05, 3.63) is 48.6 Å². The highest BCUT2D eigenvalue weighted by Crippen LogP contribution is 2.96. The number of rotatable bonds is 0. The molecule has 12 saturated carbocycles. The van der Waals surface area contributed by atoms with Crippen LogP contribution in [0.15, 0.2) is 48.6 Å². The van der Waals surface area contributed by atoms with Crippen molar-refractivity contribution in [1.82, 2.24) is 0 Å². The molecule has 0 saturated heterocycles. The molecule has 0 aliphatic heterocycles. The largest absolute Gasteiger partial charge is 0.0953 e. The lowest BCUT2D eigenvalue weighted by Crippen LogP contribution is -2.83. The van der Waals surface area contributed by atoms with E-state index < -0.39 is 0 Å². The molecule has 0 N–H and O–H groups in total. The molecule has 18 atom stereocenters. The van der Waals surface area contributed by atoms with Crippen LogP contribution in [0.5, 0.6) is 0 Å². The summed E-state index contributed by atoms with van der Waals surface area (Å²) in [6, 6.07) is 0. The van der Waals surface area contributed by atoms with Crippen molar-refractivity contribution in [3.8, 4) is 0 Å². The zero-order chi connectivity index (χ0) is 22.8. The van der Waals surface area contributed by atoms with Gasteiger partial charge in [-0.25, -0.2) is 0 Å². The van der Waals surface area contributed by atoms with E-state index in [1.807, 2.05) is 0 Å². The standard InChI is InChI=1S/C34H42/c1-13-14(2)18-8-7-17(13)25-21-11-22(26(18)25)30-29(21)33(5)31-23-12-24(32(31)34(30,33)6)28-20-10-9-19(27(23)28)15(3)16(20)4/h17-32H,1-4,7-12H2,5-6H3/t17-,18+,19+,20-,21-,22+,23+,24-,25+,26-,27-,28+,29-,30+,31+,32-,33?,34?. The highest BCUT2D eigenvalue weighted by atomic mass is 15.0. The van der Waals surface area contributed by atoms with E-state index in [1.165, 1.54) is 48.0 Å². The minimum atomic E-state index is 0.640. The fourth-order valence-electron chi connectivity index (χ4n) is 16.3. The molecule has 178 valence electrons. The van der Waals surface area contributed by atoms with E-state index >= 15 is 0 Å². The van der Waals surface area contributed by atoms with Crippen LogP contribution in [0.4, 0.5) is 0 Å². The Hall–Kier alpha value is -1.04. The summed E-state index contributed by atoms with van der Waals surface area (Å²) in [5.74, 6) is 15.3. The SMILES string of the molecule is C=C1C(=C)[C@@H]2CC[C@H]1[C@H]1[C@H]3C[C@@H]([C@H]12)[C@H]1[C@@H]3C2(C)[C@H]3[C@H]4C[C@H]([C@H]5[C@@H]4[C@H]4CC[C@@H]5C(=C)C4=C)[C@H]3C12C. The molecule has 12 fully saturated rings. The van der Waals surface area contributed by atoms with E-state index in [0.717, 1.165) is 94.7 Å². The number of hydrogen-bond donors (Lipinski definition) is 0. The summed E-state index contributed by atoms with van der Waals surface area (Å²) in [4.78, 5) is 0. The van der Waals surface area contributed by atoms with Crippen molar-refractivity contribution in [2.24, 2.45) is 106 Å². The van der Waals surface area contributed by atoms with Gasteiger partial charge in [0.15, 0.2) is 0 Å². The van der Waals surface area contributed by atoms with Crippen molar-refractivity contribution in [3.63, 3.8) is 0 Å². The van der Waals surface area contributed by atoms with Crippen LogP contribution >= 0.6 is 0 Å². The van der Waals surface area contributed by atoms with Crippen LogP contribution in [0.1, 0.15) is 52.4 Å². The molecule has 8 bridgehead atoms. The molecular weight excluding hydrogens is 408 g/mol. The molecule has 0 heteroatoms. The van der Waals surface area contributed by atoms with Gasteiger partial charge in [-0.2, -0.15) is 0 Å². The Labute approximate surface area is 206 Å². The van der Waals surface area contributed by atoms with Crippen LogP contribution in [0.2, 0.25) is 0 Å². The second kappa shape index (κ2) is 5.17. The molecule has 0 aromatic carbocycles. The average Bonchev–Trinajstić information content (AvgIpc) is 3.60. The summed E-state index contributed by atoms with van der Waals surface area (Å²) in [7, 11) is 0. The van der Waals surface area contributed by atoms with Gasteiger partial charge in [0.25, 0.3) is 0 Å². The molecule has 2 unspecified atom stereocenters. The van der Waals surface area contributed by atoms with E-state index in [0.29, 0.717) is 10.8 Å². The molecule has 0 nitrogen and oxygen atoms in total. The Balaban J connectivity index is 1.07. The van der Waals surface area contributed by atoms with Gasteiger partial charge in [0.2, 0.25) is 0 Å². The Kier molecular flexibility index (Phi) is 2.91. The minimum Gasteiger partial charge on any atom is -0.0953 e. The molecular formula is C34H42. The molecule has 0 radical (unpaired) electrons. The lowest BCUT2D eigenvalue weighted by atomic mass is 9.18. The fraction of sp³-hybridized carbons (Fsp3) is 0.765. The number of fused-ring (bicyclic) bond motifs is 19. The molecule has 12 aliphatic carbocycles. The van der Waals surface area contributed by atoms with Gasteiger partial charge in [0, 0.05) is 0 Å². The molecule has 12 aliphatic rings. The van der Waals surface area contributed by atoms with Gasteiger partial charge in [0.1, 0.15) is 0 Å². The van der Waals surface area contributed by atoms with Crippen molar-refractivity contribution in [2.75, 3.05) is 0 Å². The number of allylic oxidation sites excluding steroid dienone is 4. The van der Waals surface area contributed by atoms with E-state index in [9.17, 15) is 0 Å². The second-order valence-corrected chi connectivity index (χ2v) is 15.8. The lowest BCUT2D eigenvalue weighted by molar-refractivity contribution is -0.395. The maximum Gasteiger partial charge on any atom is -0.0131 e. The average molecular weight is 451 g/mol. The van der Waals surface area contributed by atoms with E-state index in [-0.39, 0.29) is 0 Å². The van der Waals surface area contributed by atoms with Crippen LogP contribution in [-0.2, 0) is 0 Å². The lowest BCUT2D eigenvalue weighted by Gasteiger charge is -2.86. The molecule has 12 rings (SSSR count). The molecule has 34 heavy (non-hydrogen) atoms. The van der Waals surface area contributed by atoms with Crippen molar-refractivity contribution < 1.29 is 0 Å². The first-order chi connectivity index (χ1) is 16.3. The monoisotopic (exact) mass is 450 g/mol. The van der Waals surface area contributed by atoms with Crippen LogP contribution in [0.25, 0.3) is 0 Å². The molecule has 0 amide bonds. The van der Waals surface area contributed by atoms with Gasteiger partial charge in [-0.3, -0.25) is 0 Å². The van der Waals surface area contributed by atoms with Gasteiger partial charge >= 0.3 is 0 Å². The highest BCUT2D eigenvalue weighted by Gasteiger charge is 2.91. The van der Waals surface area contributed by atoms with E-state index in [4.69, 9.17) is 0 Å². The predicted molar refractivity (Wildman–Crippen MR) is 136 cm³/mol. The minimum absolute atomic E-state index is 0.640. The number of hydrogen-bond acceptors (Lipinski definition) is 0. The zero-order valence-corrected chi connectivity index (χ0v) is 21.3. The van der Waals surface area contributed by atoms with Crippen molar-refractivity contribution in [1.29, 1.82) is 0 Å². The summed E-state index contributed by atoms with van der Waals surface area (Å²) in [6.45, 7) is 24.1. The summed E-state index contributed by atoms with van der Waals surface area (Å²) < 4.78 is 0. The van der Waals surface area contributed by atoms with Gasteiger partial charge < -0.3 is 0 Å². The summed E-state index contributed by atoms with van der Waals surface area (Å²) in [5.41, 5.74) is 7.22. The van der Waals surface area contributed by atoms with Crippen LogP contribution in [-0.4, -0.2) is 0 Å². The third-order valence-corrected chi connectivity index (χ3v) is 16.6. The Morgan fingerprint density at radius 3 is 0.941 bits per heavy atom. The summed E-state index contributed by atoms with van der Waals surface area (Å²) in [5, 5.41) is 0. The first-order valence-electron chi connectivity index (χ1n) is 15.1. The highest BCUT2D eigenvalue weighted by molar-refractivity contribution is 5.46. The van der Waals surface area contributed by atoms with Gasteiger partial charge in [-0.15, -0.1) is 0 Å². The fourth-order valence-corrected chi connectivity index (χ4v) is 16.3. The maximum absolute atomic E-state index is 4.61. The van der Waals surface area contributed by atoms with Crippen LogP contribution in [0, 0.1) is 106 Å². The quantitative estimate of drug-likeness (QED) is 0.357. The first-order valence-corrected chi connectivity index (χ1v) is 15.1. The second-order valence-electron chi connectivity index (χ2n) is 15.8. The maximum atomic E-state index is 4.61. The third-order valence-electron chi connectivity index (χ3n) is 16.6. The van der Waals surface area contributed by atoms with Gasteiger partial charge in [-0.1, -0.05) is 40.2 Å². The predicted octanol–water partition coefficient (Wildman–Crippen LogP) is 7.56. The van der Waals surface area contributed by atoms with Crippen LogP contribution < -0.4 is 0 Å². The molecule has 0 spiro atoms. The smallest absolute Gasteiger partial charge is 0.0131 e. The van der Waals surface area contributed by atoms with Gasteiger partial charge in [-0.05, 0) is 166 Å². The first kappa shape index (κ1) is 19.1. The van der Waals surface area contributed by atoms with E-state index in [1.54, 1.807) is 12.8 Å². The Morgan fingerprint density at radius 2 is 0.706 bits per heavy atom. The van der Waals surface area contributed by atoms with E-state index in [2.05, 4.69) is 40.2 Å². The molecule has 0 aromatic rings.